The maximum Gasteiger partial charge on any atom is 0.412 e. The van der Waals surface area contributed by atoms with E-state index in [1.54, 1.807) is 32.0 Å². The largest absolute Gasteiger partial charge is 0.481 e. The van der Waals surface area contributed by atoms with Crippen LogP contribution in [-0.4, -0.2) is 22.3 Å². The molecule has 0 bridgehead atoms. The smallest absolute Gasteiger partial charge is 0.412 e. The number of carboxylic acids is 1. The Labute approximate surface area is 213 Å². The van der Waals surface area contributed by atoms with E-state index in [9.17, 15) is 14.7 Å². The zero-order valence-corrected chi connectivity index (χ0v) is 21.1. The maximum absolute atomic E-state index is 12.5. The van der Waals surface area contributed by atoms with Crippen molar-refractivity contribution in [3.05, 3.63) is 68.2 Å². The minimum absolute atomic E-state index is 0.213. The summed E-state index contributed by atoms with van der Waals surface area (Å²) >= 11 is 9.17. The van der Waals surface area contributed by atoms with Crippen LogP contribution in [0.15, 0.2) is 40.9 Å². The number of aromatic nitrogens is 1. The van der Waals surface area contributed by atoms with Gasteiger partial charge in [0.15, 0.2) is 0 Å². The number of amides is 1. The molecule has 1 fully saturated rings. The van der Waals surface area contributed by atoms with E-state index in [1.165, 1.54) is 22.7 Å². The molecule has 3 heterocycles. The van der Waals surface area contributed by atoms with Crippen molar-refractivity contribution in [3.63, 3.8) is 0 Å². The second-order valence-electron chi connectivity index (χ2n) is 8.25. The molecule has 1 atom stereocenters. The minimum Gasteiger partial charge on any atom is -0.481 e. The Balaban J connectivity index is 1.30. The van der Waals surface area contributed by atoms with Gasteiger partial charge in [0.25, 0.3) is 0 Å². The van der Waals surface area contributed by atoms with Gasteiger partial charge in [-0.1, -0.05) is 35.0 Å². The zero-order chi connectivity index (χ0) is 24.7. The highest BCUT2D eigenvalue weighted by Gasteiger charge is 2.53. The molecular weight excluding hydrogens is 508 g/mol. The number of nitrogens with one attached hydrogen (secondary N) is 1. The molecule has 0 radical (unpaired) electrons. The first-order valence-electron chi connectivity index (χ1n) is 10.7. The van der Waals surface area contributed by atoms with Crippen LogP contribution in [-0.2, 0) is 14.9 Å². The minimum atomic E-state index is -0.757. The number of fused-ring (bicyclic) bond motifs is 1. The molecule has 35 heavy (non-hydrogen) atoms. The summed E-state index contributed by atoms with van der Waals surface area (Å²) in [6.07, 6.45) is 0.132. The van der Waals surface area contributed by atoms with Gasteiger partial charge in [-0.2, -0.15) is 0 Å². The number of aryl methyl sites for hydroxylation is 1. The van der Waals surface area contributed by atoms with Crippen molar-refractivity contribution < 1.29 is 24.0 Å². The summed E-state index contributed by atoms with van der Waals surface area (Å²) in [5, 5.41) is 16.6. The van der Waals surface area contributed by atoms with Crippen LogP contribution in [0.2, 0.25) is 5.02 Å². The number of anilines is 1. The highest BCUT2D eigenvalue weighted by Crippen LogP contribution is 2.52. The van der Waals surface area contributed by atoms with E-state index < -0.39 is 23.6 Å². The summed E-state index contributed by atoms with van der Waals surface area (Å²) in [6, 6.07) is 11.1. The molecule has 0 saturated heterocycles. The Kier molecular flexibility index (Phi) is 6.05. The number of aliphatic carboxylic acids is 1. The van der Waals surface area contributed by atoms with E-state index in [1.807, 2.05) is 18.2 Å². The van der Waals surface area contributed by atoms with Gasteiger partial charge in [0, 0.05) is 24.9 Å². The van der Waals surface area contributed by atoms with Crippen molar-refractivity contribution in [1.29, 1.82) is 0 Å². The van der Waals surface area contributed by atoms with Crippen LogP contribution >= 0.6 is 34.3 Å². The predicted molar refractivity (Wildman–Crippen MR) is 135 cm³/mol. The summed E-state index contributed by atoms with van der Waals surface area (Å²) in [4.78, 5) is 25.8. The van der Waals surface area contributed by atoms with Crippen LogP contribution < -0.4 is 5.32 Å². The van der Waals surface area contributed by atoms with Crippen molar-refractivity contribution in [2.75, 3.05) is 5.32 Å². The Morgan fingerprint density at radius 1 is 1.23 bits per heavy atom. The fourth-order valence-corrected chi connectivity index (χ4v) is 6.48. The number of rotatable bonds is 5. The summed E-state index contributed by atoms with van der Waals surface area (Å²) < 4.78 is 12.8. The Morgan fingerprint density at radius 3 is 2.66 bits per heavy atom. The molecule has 7 nitrogen and oxygen atoms in total. The summed E-state index contributed by atoms with van der Waals surface area (Å²) in [5.74, 6) is 5.43. The lowest BCUT2D eigenvalue weighted by atomic mass is 10.1. The van der Waals surface area contributed by atoms with Crippen molar-refractivity contribution in [2.24, 2.45) is 0 Å². The molecule has 1 aromatic carbocycles. The fraction of sp³-hybridized carbons (Fsp3) is 0.240. The molecule has 10 heteroatoms. The van der Waals surface area contributed by atoms with Gasteiger partial charge < -0.3 is 14.4 Å². The number of thiophene rings is 2. The van der Waals surface area contributed by atoms with Crippen LogP contribution in [0, 0.1) is 18.8 Å². The average Bonchev–Trinajstić information content (AvgIpc) is 3.25. The molecular formula is C25H19ClN2O5S2. The SMILES string of the molecule is Cc1noc(C#Cc2cc3sc(C4(C(=O)O)CC4)cc3s2)c1NC(=O)O[C@H](C)c1ccccc1Cl. The van der Waals surface area contributed by atoms with Crippen molar-refractivity contribution in [1.82, 2.24) is 5.16 Å². The van der Waals surface area contributed by atoms with Gasteiger partial charge in [-0.3, -0.25) is 10.1 Å². The lowest BCUT2D eigenvalue weighted by Crippen LogP contribution is -2.17. The molecule has 1 aliphatic rings. The monoisotopic (exact) mass is 526 g/mol. The first-order valence-corrected chi connectivity index (χ1v) is 12.8. The maximum atomic E-state index is 12.5. The van der Waals surface area contributed by atoms with Gasteiger partial charge in [-0.25, -0.2) is 4.79 Å². The number of hydrogen-bond acceptors (Lipinski definition) is 7. The van der Waals surface area contributed by atoms with Crippen LogP contribution in [0.4, 0.5) is 10.5 Å². The second kappa shape index (κ2) is 9.04. The lowest BCUT2D eigenvalue weighted by molar-refractivity contribution is -0.139. The third-order valence-electron chi connectivity index (χ3n) is 5.85. The van der Waals surface area contributed by atoms with Gasteiger partial charge >= 0.3 is 12.1 Å². The molecule has 0 aliphatic heterocycles. The predicted octanol–water partition coefficient (Wildman–Crippen LogP) is 6.74. The highest BCUT2D eigenvalue weighted by atomic mass is 35.5. The first-order chi connectivity index (χ1) is 16.8. The van der Waals surface area contributed by atoms with E-state index in [4.69, 9.17) is 20.9 Å². The third kappa shape index (κ3) is 4.52. The zero-order valence-electron chi connectivity index (χ0n) is 18.7. The number of carbonyl (C=O) groups is 2. The molecule has 178 valence electrons. The van der Waals surface area contributed by atoms with E-state index in [0.717, 1.165) is 19.2 Å². The average molecular weight is 527 g/mol. The number of ether oxygens (including phenoxy) is 1. The Bertz CT molecular complexity index is 1490. The summed E-state index contributed by atoms with van der Waals surface area (Å²) in [7, 11) is 0. The van der Waals surface area contributed by atoms with Gasteiger partial charge in [0.1, 0.15) is 22.9 Å². The van der Waals surface area contributed by atoms with E-state index in [2.05, 4.69) is 22.3 Å². The molecule has 1 saturated carbocycles. The molecule has 2 N–H and O–H groups in total. The molecule has 3 aromatic heterocycles. The topological polar surface area (TPSA) is 102 Å². The van der Waals surface area contributed by atoms with E-state index in [-0.39, 0.29) is 5.76 Å². The number of halogens is 1. The van der Waals surface area contributed by atoms with E-state index in [0.29, 0.717) is 34.8 Å². The van der Waals surface area contributed by atoms with Crippen molar-refractivity contribution in [3.8, 4) is 11.8 Å². The second-order valence-corrected chi connectivity index (χ2v) is 10.8. The standard InChI is InChI=1S/C25H19ClN2O5S2/c1-13-22(27-24(31)32-14(2)16-5-3-4-6-17(16)26)18(33-28-13)8-7-15-11-19-20(34-15)12-21(35-19)25(9-10-25)23(29)30/h3-6,11-12,14H,9-10H2,1-2H3,(H,27,31)(H,29,30)/t14-/m1/s1. The first kappa shape index (κ1) is 23.4. The molecule has 4 aromatic rings. The molecule has 0 spiro atoms. The number of hydrogen-bond donors (Lipinski definition) is 2. The van der Waals surface area contributed by atoms with Crippen LogP contribution in [0.3, 0.4) is 0 Å². The van der Waals surface area contributed by atoms with Gasteiger partial charge in [0.2, 0.25) is 5.76 Å². The summed E-state index contributed by atoms with van der Waals surface area (Å²) in [5.41, 5.74) is 0.803. The van der Waals surface area contributed by atoms with E-state index >= 15 is 0 Å². The normalized spacial score (nSPS) is 14.7. The Hall–Kier alpha value is -3.32. The van der Waals surface area contributed by atoms with Crippen molar-refractivity contribution >= 4 is 61.4 Å². The number of benzene rings is 1. The van der Waals surface area contributed by atoms with Crippen molar-refractivity contribution in [2.45, 2.75) is 38.2 Å². The number of carbonyl (C=O) groups excluding carboxylic acids is 1. The molecule has 5 rings (SSSR count). The molecule has 0 unspecified atom stereocenters. The van der Waals surface area contributed by atoms with Crippen LogP contribution in [0.1, 0.15) is 52.6 Å². The van der Waals surface area contributed by atoms with Gasteiger partial charge in [0.05, 0.1) is 4.88 Å². The van der Waals surface area contributed by atoms with Gasteiger partial charge in [-0.15, -0.1) is 22.7 Å². The lowest BCUT2D eigenvalue weighted by Gasteiger charge is -2.15. The molecule has 1 aliphatic carbocycles. The number of carboxylic acid groups (broad SMARTS) is 1. The summed E-state index contributed by atoms with van der Waals surface area (Å²) in [6.45, 7) is 3.43. The molecule has 1 amide bonds. The quantitative estimate of drug-likeness (QED) is 0.279. The highest BCUT2D eigenvalue weighted by molar-refractivity contribution is 7.28. The van der Waals surface area contributed by atoms with Gasteiger partial charge in [-0.05, 0) is 56.7 Å². The number of nitrogens with zero attached hydrogens (tertiary/aromatic N) is 1. The third-order valence-corrected chi connectivity index (χ3v) is 8.61. The fourth-order valence-electron chi connectivity index (χ4n) is 3.70. The van der Waals surface area contributed by atoms with Crippen LogP contribution in [0.5, 0.6) is 0 Å². The Morgan fingerprint density at radius 2 is 1.97 bits per heavy atom. The van der Waals surface area contributed by atoms with Crippen LogP contribution in [0.25, 0.3) is 9.40 Å².